The Labute approximate surface area is 107 Å². The lowest BCUT2D eigenvalue weighted by atomic mass is 9.90. The third kappa shape index (κ3) is 3.77. The van der Waals surface area contributed by atoms with Gasteiger partial charge in [-0.1, -0.05) is 13.8 Å². The van der Waals surface area contributed by atoms with Crippen molar-refractivity contribution in [3.8, 4) is 0 Å². The second-order valence-corrected chi connectivity index (χ2v) is 5.17. The van der Waals surface area contributed by atoms with E-state index in [0.717, 1.165) is 12.6 Å². The van der Waals surface area contributed by atoms with E-state index in [1.54, 1.807) is 0 Å². The third-order valence-corrected chi connectivity index (χ3v) is 2.74. The van der Waals surface area contributed by atoms with Gasteiger partial charge in [0, 0.05) is 18.3 Å². The Balaban J connectivity index is 2.83. The summed E-state index contributed by atoms with van der Waals surface area (Å²) in [5.74, 6) is -0.691. The number of amides is 1. The second kappa shape index (κ2) is 5.91. The van der Waals surface area contributed by atoms with E-state index in [-0.39, 0.29) is 5.56 Å². The molecule has 1 heterocycles. The van der Waals surface area contributed by atoms with Crippen molar-refractivity contribution in [1.29, 1.82) is 0 Å². The molecule has 0 bridgehead atoms. The first kappa shape index (κ1) is 14.6. The van der Waals surface area contributed by atoms with E-state index < -0.39 is 17.3 Å². The SMILES string of the molecule is CC(C)CC(C)(CN)NC(=O)c1ccncc1F. The molecule has 0 aromatic carbocycles. The van der Waals surface area contributed by atoms with Crippen LogP contribution >= 0.6 is 0 Å². The number of hydrogen-bond donors (Lipinski definition) is 2. The summed E-state index contributed by atoms with van der Waals surface area (Å²) < 4.78 is 13.4. The first-order valence-electron chi connectivity index (χ1n) is 6.00. The van der Waals surface area contributed by atoms with Crippen LogP contribution in [-0.4, -0.2) is 23.0 Å². The summed E-state index contributed by atoms with van der Waals surface area (Å²) in [6.45, 7) is 6.27. The van der Waals surface area contributed by atoms with Crippen LogP contribution in [-0.2, 0) is 0 Å². The molecule has 1 rings (SSSR count). The van der Waals surface area contributed by atoms with Crippen LogP contribution in [0.1, 0.15) is 37.6 Å². The van der Waals surface area contributed by atoms with Gasteiger partial charge in [0.05, 0.1) is 11.8 Å². The summed E-state index contributed by atoms with van der Waals surface area (Å²) in [4.78, 5) is 15.6. The summed E-state index contributed by atoms with van der Waals surface area (Å²) in [7, 11) is 0. The van der Waals surface area contributed by atoms with Crippen LogP contribution in [0.2, 0.25) is 0 Å². The number of nitrogens with zero attached hydrogens (tertiary/aromatic N) is 1. The zero-order valence-corrected chi connectivity index (χ0v) is 11.0. The molecule has 100 valence electrons. The molecule has 1 atom stereocenters. The minimum Gasteiger partial charge on any atom is -0.346 e. The minimum atomic E-state index is -0.626. The van der Waals surface area contributed by atoms with Gasteiger partial charge in [0.1, 0.15) is 0 Å². The molecule has 0 saturated carbocycles. The first-order chi connectivity index (χ1) is 8.38. The first-order valence-corrected chi connectivity index (χ1v) is 6.00. The Morgan fingerprint density at radius 2 is 2.28 bits per heavy atom. The van der Waals surface area contributed by atoms with E-state index in [1.807, 2.05) is 20.8 Å². The molecule has 5 heteroatoms. The molecule has 0 saturated heterocycles. The second-order valence-electron chi connectivity index (χ2n) is 5.17. The van der Waals surface area contributed by atoms with Gasteiger partial charge in [-0.3, -0.25) is 9.78 Å². The molecule has 1 amide bonds. The van der Waals surface area contributed by atoms with Crippen molar-refractivity contribution in [2.75, 3.05) is 6.54 Å². The minimum absolute atomic E-state index is 0.00608. The van der Waals surface area contributed by atoms with E-state index in [1.165, 1.54) is 12.3 Å². The topological polar surface area (TPSA) is 68.0 Å². The predicted molar refractivity (Wildman–Crippen MR) is 68.6 cm³/mol. The average Bonchev–Trinajstić information content (AvgIpc) is 2.28. The maximum absolute atomic E-state index is 13.4. The maximum Gasteiger partial charge on any atom is 0.254 e. The smallest absolute Gasteiger partial charge is 0.254 e. The molecule has 0 aliphatic carbocycles. The largest absolute Gasteiger partial charge is 0.346 e. The summed E-state index contributed by atoms with van der Waals surface area (Å²) in [5, 5.41) is 2.80. The molecular weight excluding hydrogens is 233 g/mol. The lowest BCUT2D eigenvalue weighted by Crippen LogP contribution is -2.52. The van der Waals surface area contributed by atoms with Crippen LogP contribution < -0.4 is 11.1 Å². The van der Waals surface area contributed by atoms with Crippen molar-refractivity contribution in [2.45, 2.75) is 32.7 Å². The van der Waals surface area contributed by atoms with Crippen molar-refractivity contribution in [1.82, 2.24) is 10.3 Å². The lowest BCUT2D eigenvalue weighted by molar-refractivity contribution is 0.0894. The zero-order valence-electron chi connectivity index (χ0n) is 11.0. The molecule has 18 heavy (non-hydrogen) atoms. The number of nitrogens with two attached hydrogens (primary N) is 1. The van der Waals surface area contributed by atoms with Crippen LogP contribution in [0.15, 0.2) is 18.5 Å². The molecule has 1 aromatic rings. The molecule has 1 aromatic heterocycles. The average molecular weight is 253 g/mol. The van der Waals surface area contributed by atoms with Crippen LogP contribution in [0.25, 0.3) is 0 Å². The van der Waals surface area contributed by atoms with Gasteiger partial charge in [0.25, 0.3) is 5.91 Å². The quantitative estimate of drug-likeness (QED) is 0.839. The van der Waals surface area contributed by atoms with Crippen LogP contribution in [0.5, 0.6) is 0 Å². The Kier molecular flexibility index (Phi) is 4.78. The standard InChI is InChI=1S/C13H20FN3O/c1-9(2)6-13(3,8-15)17-12(18)10-4-5-16-7-11(10)14/h4-5,7,9H,6,8,15H2,1-3H3,(H,17,18). The Morgan fingerprint density at radius 1 is 1.61 bits per heavy atom. The third-order valence-electron chi connectivity index (χ3n) is 2.74. The van der Waals surface area contributed by atoms with Crippen LogP contribution in [0.3, 0.4) is 0 Å². The predicted octanol–water partition coefficient (Wildman–Crippen LogP) is 1.71. The highest BCUT2D eigenvalue weighted by Gasteiger charge is 2.27. The summed E-state index contributed by atoms with van der Waals surface area (Å²) in [6, 6.07) is 1.36. The van der Waals surface area contributed by atoms with Crippen molar-refractivity contribution < 1.29 is 9.18 Å². The fraction of sp³-hybridized carbons (Fsp3) is 0.538. The highest BCUT2D eigenvalue weighted by molar-refractivity contribution is 5.94. The van der Waals surface area contributed by atoms with E-state index in [0.29, 0.717) is 12.5 Å². The van der Waals surface area contributed by atoms with Gasteiger partial charge < -0.3 is 11.1 Å². The van der Waals surface area contributed by atoms with E-state index in [9.17, 15) is 9.18 Å². The molecule has 0 spiro atoms. The van der Waals surface area contributed by atoms with Crippen LogP contribution in [0, 0.1) is 11.7 Å². The monoisotopic (exact) mass is 253 g/mol. The highest BCUT2D eigenvalue weighted by atomic mass is 19.1. The van der Waals surface area contributed by atoms with Gasteiger partial charge in [-0.2, -0.15) is 0 Å². The van der Waals surface area contributed by atoms with E-state index in [4.69, 9.17) is 5.73 Å². The zero-order chi connectivity index (χ0) is 13.8. The van der Waals surface area contributed by atoms with Crippen molar-refractivity contribution in [3.63, 3.8) is 0 Å². The molecule has 3 N–H and O–H groups in total. The Hall–Kier alpha value is -1.49. The number of pyridine rings is 1. The summed E-state index contributed by atoms with van der Waals surface area (Å²) in [6.07, 6.45) is 3.15. The lowest BCUT2D eigenvalue weighted by Gasteiger charge is -2.31. The Morgan fingerprint density at radius 3 is 2.78 bits per heavy atom. The van der Waals surface area contributed by atoms with Gasteiger partial charge in [0.15, 0.2) is 5.82 Å². The van der Waals surface area contributed by atoms with Crippen molar-refractivity contribution in [2.24, 2.45) is 11.7 Å². The highest BCUT2D eigenvalue weighted by Crippen LogP contribution is 2.16. The van der Waals surface area contributed by atoms with Crippen molar-refractivity contribution in [3.05, 3.63) is 29.8 Å². The fourth-order valence-corrected chi connectivity index (χ4v) is 1.99. The van der Waals surface area contributed by atoms with Gasteiger partial charge in [0.2, 0.25) is 0 Å². The van der Waals surface area contributed by atoms with Crippen LogP contribution in [0.4, 0.5) is 4.39 Å². The molecule has 4 nitrogen and oxygen atoms in total. The molecule has 0 radical (unpaired) electrons. The number of halogens is 1. The number of rotatable bonds is 5. The van der Waals surface area contributed by atoms with Crippen molar-refractivity contribution >= 4 is 5.91 Å². The number of aromatic nitrogens is 1. The molecule has 0 fully saturated rings. The number of hydrogen-bond acceptors (Lipinski definition) is 3. The van der Waals surface area contributed by atoms with E-state index >= 15 is 0 Å². The molecule has 0 aliphatic heterocycles. The van der Waals surface area contributed by atoms with E-state index in [2.05, 4.69) is 10.3 Å². The molecule has 0 aliphatic rings. The van der Waals surface area contributed by atoms with Gasteiger partial charge in [-0.15, -0.1) is 0 Å². The Bertz CT molecular complexity index is 422. The summed E-state index contributed by atoms with van der Waals surface area (Å²) >= 11 is 0. The van der Waals surface area contributed by atoms with Gasteiger partial charge >= 0.3 is 0 Å². The number of carbonyl (C=O) groups is 1. The number of nitrogens with one attached hydrogen (secondary N) is 1. The fourth-order valence-electron chi connectivity index (χ4n) is 1.99. The number of carbonyl (C=O) groups excluding carboxylic acids is 1. The van der Waals surface area contributed by atoms with Gasteiger partial charge in [-0.05, 0) is 25.3 Å². The molecular formula is C13H20FN3O. The van der Waals surface area contributed by atoms with Gasteiger partial charge in [-0.25, -0.2) is 4.39 Å². The normalized spacial score (nSPS) is 14.3. The summed E-state index contributed by atoms with van der Waals surface area (Å²) in [5.41, 5.74) is 5.17. The molecule has 1 unspecified atom stereocenters. The maximum atomic E-state index is 13.4.